The first-order valence-corrected chi connectivity index (χ1v) is 10.4. The molecule has 0 amide bonds. The quantitative estimate of drug-likeness (QED) is 0.483. The van der Waals surface area contributed by atoms with E-state index in [1.165, 1.54) is 64.6 Å². The summed E-state index contributed by atoms with van der Waals surface area (Å²) in [7, 11) is 2.10. The number of aromatic nitrogens is 1. The fourth-order valence-electron chi connectivity index (χ4n) is 4.81. The Morgan fingerprint density at radius 3 is 2.52 bits per heavy atom. The van der Waals surface area contributed by atoms with Gasteiger partial charge < -0.3 is 0 Å². The van der Waals surface area contributed by atoms with E-state index in [-0.39, 0.29) is 0 Å². The zero-order valence-corrected chi connectivity index (χ0v) is 17.4. The van der Waals surface area contributed by atoms with Crippen LogP contribution in [0.4, 0.5) is 0 Å². The highest BCUT2D eigenvalue weighted by Crippen LogP contribution is 2.33. The molecule has 1 fully saturated rings. The number of nitrogens with zero attached hydrogens (tertiary/aromatic N) is 1. The zero-order chi connectivity index (χ0) is 20.0. The third-order valence-electron chi connectivity index (χ3n) is 6.56. The molecule has 0 spiro atoms. The van der Waals surface area contributed by atoms with Crippen molar-refractivity contribution in [3.05, 3.63) is 64.3 Å². The Labute approximate surface area is 165 Å². The molecule has 1 nitrogen and oxygen atoms in total. The van der Waals surface area contributed by atoms with Gasteiger partial charge in [-0.25, -0.2) is 0 Å². The molecule has 1 heteroatoms. The molecule has 0 saturated heterocycles. The van der Waals surface area contributed by atoms with Crippen LogP contribution in [0.25, 0.3) is 22.0 Å². The van der Waals surface area contributed by atoms with E-state index in [1.807, 2.05) is 0 Å². The van der Waals surface area contributed by atoms with Gasteiger partial charge in [0.05, 0.1) is 12.3 Å². The average molecular weight is 360 g/mol. The first-order chi connectivity index (χ1) is 13.4. The van der Waals surface area contributed by atoms with E-state index >= 15 is 0 Å². The monoisotopic (exact) mass is 359 g/mol. The van der Waals surface area contributed by atoms with Crippen LogP contribution in [-0.2, 0) is 13.5 Å². The molecule has 1 aromatic heterocycles. The van der Waals surface area contributed by atoms with Crippen LogP contribution in [0.3, 0.4) is 0 Å². The van der Waals surface area contributed by atoms with Crippen LogP contribution >= 0.6 is 0 Å². The number of hydrogen-bond donors (Lipinski definition) is 0. The van der Waals surface area contributed by atoms with Crippen LogP contribution in [0.2, 0.25) is 0 Å². The number of benzene rings is 2. The topological polar surface area (TPSA) is 3.88 Å². The van der Waals surface area contributed by atoms with Crippen molar-refractivity contribution in [1.82, 2.24) is 0 Å². The number of fused-ring (bicyclic) bond motifs is 1. The third kappa shape index (κ3) is 3.40. The summed E-state index contributed by atoms with van der Waals surface area (Å²) in [5.74, 6) is 0.827. The lowest BCUT2D eigenvalue weighted by Crippen LogP contribution is -2.35. The van der Waals surface area contributed by atoms with Gasteiger partial charge >= 0.3 is 0 Å². The van der Waals surface area contributed by atoms with Gasteiger partial charge in [-0.3, -0.25) is 0 Å². The molecular formula is C26H32N+. The van der Waals surface area contributed by atoms with E-state index in [2.05, 4.69) is 69.6 Å². The van der Waals surface area contributed by atoms with Crippen molar-refractivity contribution in [3.8, 4) is 11.3 Å². The minimum absolute atomic E-state index is 0.663. The summed E-state index contributed by atoms with van der Waals surface area (Å²) in [4.78, 5) is 0. The van der Waals surface area contributed by atoms with Gasteiger partial charge in [0.15, 0.2) is 5.69 Å². The predicted octanol–water partition coefficient (Wildman–Crippen LogP) is 6.30. The molecule has 0 atom stereocenters. The fraction of sp³-hybridized carbons (Fsp3) is 0.423. The smallest absolute Gasteiger partial charge is 0.198 e. The average Bonchev–Trinajstić information content (AvgIpc) is 3.17. The Hall–Kier alpha value is -2.15. The fourth-order valence-corrected chi connectivity index (χ4v) is 4.81. The van der Waals surface area contributed by atoms with E-state index in [4.69, 9.17) is 1.37 Å². The molecule has 1 aliphatic carbocycles. The van der Waals surface area contributed by atoms with Crippen molar-refractivity contribution in [1.29, 1.82) is 0 Å². The first kappa shape index (κ1) is 17.0. The normalized spacial score (nSPS) is 15.5. The molecule has 140 valence electrons. The minimum Gasteiger partial charge on any atom is -0.198 e. The molecule has 4 rings (SSSR count). The second-order valence-corrected chi connectivity index (χ2v) is 8.61. The molecular weight excluding hydrogens is 326 g/mol. The van der Waals surface area contributed by atoms with Crippen molar-refractivity contribution < 1.29 is 5.94 Å². The van der Waals surface area contributed by atoms with Crippen LogP contribution < -0.4 is 4.57 Å². The summed E-state index contributed by atoms with van der Waals surface area (Å²) < 4.78 is 11.0. The molecule has 0 aliphatic heterocycles. The van der Waals surface area contributed by atoms with Crippen molar-refractivity contribution >= 4 is 10.8 Å². The van der Waals surface area contributed by atoms with Gasteiger partial charge in [-0.1, -0.05) is 49.4 Å². The lowest BCUT2D eigenvalue weighted by molar-refractivity contribution is -0.665. The van der Waals surface area contributed by atoms with E-state index in [1.54, 1.807) is 0 Å². The van der Waals surface area contributed by atoms with Crippen molar-refractivity contribution in [3.63, 3.8) is 0 Å². The van der Waals surface area contributed by atoms with E-state index in [9.17, 15) is 0 Å². The third-order valence-corrected chi connectivity index (χ3v) is 6.56. The maximum absolute atomic E-state index is 8.79. The molecule has 0 radical (unpaired) electrons. The van der Waals surface area contributed by atoms with Gasteiger partial charge in [-0.05, 0) is 67.3 Å². The Bertz CT molecular complexity index is 1060. The van der Waals surface area contributed by atoms with Gasteiger partial charge in [-0.2, -0.15) is 4.57 Å². The van der Waals surface area contributed by atoms with Gasteiger partial charge in [0.1, 0.15) is 7.05 Å². The maximum Gasteiger partial charge on any atom is 0.220 e. The standard InChI is InChI=1S/C26H32N/c1-17-12-18(2)20(4)25(13-17)26-24-11-10-22(15-21-8-6-7-9-21)16-23(24)14-19(3)27(26)5/h10-14,16,21H,6-9,15H2,1-5H3/q+1/i14D. The Morgan fingerprint density at radius 2 is 1.78 bits per heavy atom. The molecule has 1 aliphatic rings. The molecule has 3 aromatic rings. The summed E-state index contributed by atoms with van der Waals surface area (Å²) >= 11 is 0. The zero-order valence-electron chi connectivity index (χ0n) is 18.4. The highest BCUT2D eigenvalue weighted by Gasteiger charge is 2.21. The summed E-state index contributed by atoms with van der Waals surface area (Å²) in [6, 6.07) is 12.1. The lowest BCUT2D eigenvalue weighted by atomic mass is 9.92. The lowest BCUT2D eigenvalue weighted by Gasteiger charge is -2.14. The molecule has 1 heterocycles. The summed E-state index contributed by atoms with van der Waals surface area (Å²) in [6.07, 6.45) is 6.65. The number of pyridine rings is 1. The molecule has 1 saturated carbocycles. The molecule has 0 N–H and O–H groups in total. The minimum atomic E-state index is 0.663. The first-order valence-electron chi connectivity index (χ1n) is 10.9. The van der Waals surface area contributed by atoms with Crippen LogP contribution in [0.1, 0.15) is 55.0 Å². The number of rotatable bonds is 3. The molecule has 0 bridgehead atoms. The molecule has 0 unspecified atom stereocenters. The number of aryl methyl sites for hydroxylation is 2. The van der Waals surface area contributed by atoms with Gasteiger partial charge in [0.2, 0.25) is 5.69 Å². The van der Waals surface area contributed by atoms with E-state index in [0.29, 0.717) is 6.04 Å². The van der Waals surface area contributed by atoms with Gasteiger partial charge in [0, 0.05) is 13.0 Å². The highest BCUT2D eigenvalue weighted by molar-refractivity contribution is 5.94. The van der Waals surface area contributed by atoms with Gasteiger partial charge in [0.25, 0.3) is 0 Å². The molecule has 2 aromatic carbocycles. The van der Waals surface area contributed by atoms with E-state index < -0.39 is 0 Å². The van der Waals surface area contributed by atoms with Crippen LogP contribution in [0.5, 0.6) is 0 Å². The van der Waals surface area contributed by atoms with Gasteiger partial charge in [-0.15, -0.1) is 0 Å². The maximum atomic E-state index is 8.79. The Kier molecular flexibility index (Phi) is 4.47. The van der Waals surface area contributed by atoms with Crippen molar-refractivity contribution in [2.45, 2.75) is 59.8 Å². The van der Waals surface area contributed by atoms with Crippen LogP contribution in [-0.4, -0.2) is 0 Å². The van der Waals surface area contributed by atoms with Crippen molar-refractivity contribution in [2.75, 3.05) is 0 Å². The second-order valence-electron chi connectivity index (χ2n) is 8.61. The summed E-state index contributed by atoms with van der Waals surface area (Å²) in [5, 5.41) is 2.29. The largest absolute Gasteiger partial charge is 0.220 e. The Morgan fingerprint density at radius 1 is 1.04 bits per heavy atom. The molecule has 27 heavy (non-hydrogen) atoms. The van der Waals surface area contributed by atoms with E-state index in [0.717, 1.165) is 23.4 Å². The van der Waals surface area contributed by atoms with Crippen LogP contribution in [0, 0.1) is 33.6 Å². The summed E-state index contributed by atoms with van der Waals surface area (Å²) in [6.45, 7) is 8.66. The second kappa shape index (κ2) is 7.11. The van der Waals surface area contributed by atoms with Crippen LogP contribution in [0.15, 0.2) is 36.4 Å². The Balaban J connectivity index is 1.94. The van der Waals surface area contributed by atoms with Crippen molar-refractivity contribution in [2.24, 2.45) is 13.0 Å². The summed E-state index contributed by atoms with van der Waals surface area (Å²) in [5.41, 5.74) is 8.89. The predicted molar refractivity (Wildman–Crippen MR) is 115 cm³/mol. The highest BCUT2D eigenvalue weighted by atomic mass is 14.9. The number of hydrogen-bond acceptors (Lipinski definition) is 0. The SMILES string of the molecule is [2H]c1c(C)[n+](C)c(-c2cc(C)cc(C)c2C)c2ccc(CC3CCCC3)cc12.